The molecule has 0 bridgehead atoms. The first-order valence-electron chi connectivity index (χ1n) is 9.42. The molecule has 2 aromatic carbocycles. The number of aryl methyl sites for hydroxylation is 2. The number of rotatable bonds is 5. The number of hydrogen-bond acceptors (Lipinski definition) is 3. The van der Waals surface area contributed by atoms with Crippen LogP contribution in [0.4, 0.5) is 0 Å². The number of carbonyl (C=O) groups is 2. The van der Waals surface area contributed by atoms with Crippen molar-refractivity contribution in [2.24, 2.45) is 0 Å². The van der Waals surface area contributed by atoms with Crippen molar-refractivity contribution in [1.82, 2.24) is 4.90 Å². The molecule has 1 saturated heterocycles. The number of aliphatic hydroxyl groups is 1. The molecule has 1 aliphatic heterocycles. The second-order valence-corrected chi connectivity index (χ2v) is 6.95. The topological polar surface area (TPSA) is 57.6 Å². The minimum absolute atomic E-state index is 0.114. The van der Waals surface area contributed by atoms with E-state index in [1.807, 2.05) is 50.2 Å². The molecule has 0 spiro atoms. The number of likely N-dealkylation sites (tertiary alicyclic amines) is 1. The van der Waals surface area contributed by atoms with E-state index in [4.69, 9.17) is 0 Å². The third-order valence-electron chi connectivity index (χ3n) is 5.03. The molecule has 0 saturated carbocycles. The Kier molecular flexibility index (Phi) is 5.45. The number of hydrogen-bond donors (Lipinski definition) is 1. The van der Waals surface area contributed by atoms with Crippen LogP contribution in [0.5, 0.6) is 0 Å². The van der Waals surface area contributed by atoms with E-state index in [0.29, 0.717) is 12.1 Å². The molecule has 4 heteroatoms. The van der Waals surface area contributed by atoms with Crippen LogP contribution in [-0.2, 0) is 16.0 Å². The van der Waals surface area contributed by atoms with Crippen molar-refractivity contribution in [3.8, 4) is 0 Å². The third kappa shape index (κ3) is 3.52. The van der Waals surface area contributed by atoms with Gasteiger partial charge >= 0.3 is 0 Å². The van der Waals surface area contributed by atoms with Gasteiger partial charge in [-0.15, -0.1) is 0 Å². The number of benzene rings is 2. The zero-order valence-corrected chi connectivity index (χ0v) is 16.0. The molecule has 140 valence electrons. The Morgan fingerprint density at radius 2 is 1.63 bits per heavy atom. The van der Waals surface area contributed by atoms with Crippen molar-refractivity contribution in [1.29, 1.82) is 0 Å². The fourth-order valence-electron chi connectivity index (χ4n) is 3.50. The smallest absolute Gasteiger partial charge is 0.295 e. The minimum Gasteiger partial charge on any atom is -0.507 e. The standard InChI is InChI=1S/C23H25NO3/c1-4-14-24-20(17-12-8-16(5-2)9-13-17)19(22(26)23(24)27)21(25)18-10-6-15(3)7-11-18/h6-13,20,25H,4-5,14H2,1-3H3/b21-19-. The van der Waals surface area contributed by atoms with Crippen molar-refractivity contribution < 1.29 is 14.7 Å². The van der Waals surface area contributed by atoms with Gasteiger partial charge in [0.25, 0.3) is 11.7 Å². The van der Waals surface area contributed by atoms with Crippen LogP contribution in [0.2, 0.25) is 0 Å². The van der Waals surface area contributed by atoms with E-state index in [9.17, 15) is 14.7 Å². The maximum Gasteiger partial charge on any atom is 0.295 e. The SMILES string of the molecule is CCCN1C(=O)C(=O)/C(=C(\O)c2ccc(C)cc2)C1c1ccc(CC)cc1. The first-order chi connectivity index (χ1) is 13.0. The van der Waals surface area contributed by atoms with E-state index < -0.39 is 17.7 Å². The maximum atomic E-state index is 12.8. The molecule has 2 aromatic rings. The summed E-state index contributed by atoms with van der Waals surface area (Å²) in [5.41, 5.74) is 3.80. The van der Waals surface area contributed by atoms with E-state index in [-0.39, 0.29) is 11.3 Å². The average molecular weight is 363 g/mol. The second-order valence-electron chi connectivity index (χ2n) is 6.95. The quantitative estimate of drug-likeness (QED) is 0.487. The van der Waals surface area contributed by atoms with Gasteiger partial charge in [0.1, 0.15) is 5.76 Å². The summed E-state index contributed by atoms with van der Waals surface area (Å²) in [6.45, 7) is 6.47. The van der Waals surface area contributed by atoms with Gasteiger partial charge in [0.05, 0.1) is 11.6 Å². The lowest BCUT2D eigenvalue weighted by Gasteiger charge is -2.25. The normalized spacial score (nSPS) is 18.9. The van der Waals surface area contributed by atoms with E-state index in [1.54, 1.807) is 17.0 Å². The van der Waals surface area contributed by atoms with Gasteiger partial charge in [-0.1, -0.05) is 67.9 Å². The molecule has 1 heterocycles. The van der Waals surface area contributed by atoms with Gasteiger partial charge in [-0.3, -0.25) is 9.59 Å². The van der Waals surface area contributed by atoms with Gasteiger partial charge in [0.2, 0.25) is 0 Å². The lowest BCUT2D eigenvalue weighted by molar-refractivity contribution is -0.139. The summed E-state index contributed by atoms with van der Waals surface area (Å²) in [5.74, 6) is -1.28. The van der Waals surface area contributed by atoms with Crippen molar-refractivity contribution in [3.63, 3.8) is 0 Å². The Bertz CT molecular complexity index is 879. The molecule has 1 fully saturated rings. The second kappa shape index (κ2) is 7.78. The highest BCUT2D eigenvalue weighted by Gasteiger charge is 2.45. The first kappa shape index (κ1) is 18.9. The highest BCUT2D eigenvalue weighted by Crippen LogP contribution is 2.39. The summed E-state index contributed by atoms with van der Waals surface area (Å²) in [7, 11) is 0. The van der Waals surface area contributed by atoms with Crippen LogP contribution in [-0.4, -0.2) is 28.2 Å². The van der Waals surface area contributed by atoms with Crippen molar-refractivity contribution >= 4 is 17.4 Å². The van der Waals surface area contributed by atoms with Gasteiger partial charge in [-0.2, -0.15) is 0 Å². The molecule has 27 heavy (non-hydrogen) atoms. The molecule has 0 aromatic heterocycles. The molecule has 1 aliphatic rings. The summed E-state index contributed by atoms with van der Waals surface area (Å²) in [5, 5.41) is 10.9. The number of carbonyl (C=O) groups excluding carboxylic acids is 2. The van der Waals surface area contributed by atoms with Crippen LogP contribution < -0.4 is 0 Å². The Hall–Kier alpha value is -2.88. The summed E-state index contributed by atoms with van der Waals surface area (Å²) in [6.07, 6.45) is 1.65. The van der Waals surface area contributed by atoms with Crippen LogP contribution >= 0.6 is 0 Å². The van der Waals surface area contributed by atoms with Gasteiger partial charge < -0.3 is 10.0 Å². The molecule has 1 unspecified atom stereocenters. The predicted molar refractivity (Wildman–Crippen MR) is 106 cm³/mol. The summed E-state index contributed by atoms with van der Waals surface area (Å²) in [6, 6.07) is 14.6. The summed E-state index contributed by atoms with van der Waals surface area (Å²) in [4.78, 5) is 27.0. The zero-order valence-electron chi connectivity index (χ0n) is 16.0. The van der Waals surface area contributed by atoms with E-state index in [2.05, 4.69) is 6.92 Å². The average Bonchev–Trinajstić information content (AvgIpc) is 2.93. The molecule has 0 aliphatic carbocycles. The third-order valence-corrected chi connectivity index (χ3v) is 5.03. The Labute approximate surface area is 160 Å². The number of ketones is 1. The molecule has 3 rings (SSSR count). The largest absolute Gasteiger partial charge is 0.507 e. The molecule has 1 N–H and O–H groups in total. The lowest BCUT2D eigenvalue weighted by atomic mass is 9.94. The van der Waals surface area contributed by atoms with Crippen LogP contribution in [0.1, 0.15) is 48.6 Å². The van der Waals surface area contributed by atoms with Crippen LogP contribution in [0, 0.1) is 6.92 Å². The van der Waals surface area contributed by atoms with Gasteiger partial charge in [-0.05, 0) is 30.9 Å². The van der Waals surface area contributed by atoms with Crippen molar-refractivity contribution in [2.45, 2.75) is 39.7 Å². The fourth-order valence-corrected chi connectivity index (χ4v) is 3.50. The van der Waals surface area contributed by atoms with E-state index >= 15 is 0 Å². The maximum absolute atomic E-state index is 12.8. The number of amides is 1. The molecule has 4 nitrogen and oxygen atoms in total. The molecule has 1 atom stereocenters. The molecular weight excluding hydrogens is 338 g/mol. The van der Waals surface area contributed by atoms with Gasteiger partial charge in [0.15, 0.2) is 0 Å². The summed E-state index contributed by atoms with van der Waals surface area (Å²) < 4.78 is 0. The highest BCUT2D eigenvalue weighted by molar-refractivity contribution is 6.46. The van der Waals surface area contributed by atoms with Crippen molar-refractivity contribution in [3.05, 3.63) is 76.4 Å². The van der Waals surface area contributed by atoms with Crippen LogP contribution in [0.25, 0.3) is 5.76 Å². The highest BCUT2D eigenvalue weighted by atomic mass is 16.3. The van der Waals surface area contributed by atoms with Crippen LogP contribution in [0.15, 0.2) is 54.1 Å². The van der Waals surface area contributed by atoms with Gasteiger partial charge in [0, 0.05) is 12.1 Å². The lowest BCUT2D eigenvalue weighted by Crippen LogP contribution is -2.30. The minimum atomic E-state index is -0.619. The molecule has 1 amide bonds. The Morgan fingerprint density at radius 3 is 2.19 bits per heavy atom. The fraction of sp³-hybridized carbons (Fsp3) is 0.304. The number of Topliss-reactive ketones (excluding diaryl/α,β-unsaturated/α-hetero) is 1. The molecule has 0 radical (unpaired) electrons. The van der Waals surface area contributed by atoms with Gasteiger partial charge in [-0.25, -0.2) is 0 Å². The number of nitrogens with zero attached hydrogens (tertiary/aromatic N) is 1. The first-order valence-corrected chi connectivity index (χ1v) is 9.42. The monoisotopic (exact) mass is 363 g/mol. The van der Waals surface area contributed by atoms with Crippen LogP contribution in [0.3, 0.4) is 0 Å². The molecular formula is C23H25NO3. The summed E-state index contributed by atoms with van der Waals surface area (Å²) >= 11 is 0. The number of aliphatic hydroxyl groups excluding tert-OH is 1. The zero-order chi connectivity index (χ0) is 19.6. The predicted octanol–water partition coefficient (Wildman–Crippen LogP) is 4.39. The van der Waals surface area contributed by atoms with E-state index in [0.717, 1.165) is 24.0 Å². The van der Waals surface area contributed by atoms with E-state index in [1.165, 1.54) is 5.56 Å². The Morgan fingerprint density at radius 1 is 1.00 bits per heavy atom. The van der Waals surface area contributed by atoms with Crippen molar-refractivity contribution in [2.75, 3.05) is 6.54 Å². The Balaban J connectivity index is 2.15.